The molecule has 3 aromatic rings. The molecule has 142 valence electrons. The predicted molar refractivity (Wildman–Crippen MR) is 110 cm³/mol. The van der Waals surface area contributed by atoms with Crippen molar-refractivity contribution in [1.82, 2.24) is 24.9 Å². The molecule has 0 fully saturated rings. The van der Waals surface area contributed by atoms with Gasteiger partial charge in [0.2, 0.25) is 0 Å². The van der Waals surface area contributed by atoms with Gasteiger partial charge in [-0.05, 0) is 44.3 Å². The molecule has 0 radical (unpaired) electrons. The number of thiocarbonyl (C=S) groups is 1. The Bertz CT molecular complexity index is 922. The number of nitrogens with one attached hydrogen (secondary N) is 2. The second kappa shape index (κ2) is 8.88. The van der Waals surface area contributed by atoms with E-state index in [-0.39, 0.29) is 6.73 Å². The van der Waals surface area contributed by atoms with Gasteiger partial charge in [0.05, 0.1) is 23.8 Å². The summed E-state index contributed by atoms with van der Waals surface area (Å²) in [5, 5.41) is 16.1. The second-order valence-corrected chi connectivity index (χ2v) is 6.75. The van der Waals surface area contributed by atoms with Gasteiger partial charge in [0.25, 0.3) is 0 Å². The molecule has 0 aliphatic carbocycles. The average molecular weight is 405 g/mol. The van der Waals surface area contributed by atoms with E-state index in [0.29, 0.717) is 22.4 Å². The fraction of sp³-hybridized carbons (Fsp3) is 0.278. The smallest absolute Gasteiger partial charge is 0.180 e. The highest BCUT2D eigenvalue weighted by Crippen LogP contribution is 2.17. The van der Waals surface area contributed by atoms with Gasteiger partial charge >= 0.3 is 0 Å². The van der Waals surface area contributed by atoms with E-state index in [9.17, 15) is 0 Å². The van der Waals surface area contributed by atoms with Crippen LogP contribution in [0.2, 0.25) is 5.02 Å². The van der Waals surface area contributed by atoms with E-state index in [4.69, 9.17) is 28.6 Å². The van der Waals surface area contributed by atoms with Gasteiger partial charge in [-0.25, -0.2) is 4.68 Å². The first-order valence-corrected chi connectivity index (χ1v) is 9.30. The Morgan fingerprint density at radius 2 is 2.15 bits per heavy atom. The molecule has 3 rings (SSSR count). The molecular weight excluding hydrogens is 384 g/mol. The molecule has 0 saturated carbocycles. The van der Waals surface area contributed by atoms with Gasteiger partial charge in [-0.1, -0.05) is 17.7 Å². The number of hydrogen-bond donors (Lipinski definition) is 2. The Hall–Kier alpha value is -2.58. The molecule has 27 heavy (non-hydrogen) atoms. The number of anilines is 1. The highest BCUT2D eigenvalue weighted by molar-refractivity contribution is 7.80. The summed E-state index contributed by atoms with van der Waals surface area (Å²) in [5.41, 5.74) is 2.90. The molecule has 9 heteroatoms. The van der Waals surface area contributed by atoms with E-state index in [1.807, 2.05) is 36.1 Å². The number of aromatic nitrogens is 4. The Balaban J connectivity index is 1.48. The van der Waals surface area contributed by atoms with Crippen molar-refractivity contribution in [3.63, 3.8) is 0 Å². The average Bonchev–Trinajstić information content (AvgIpc) is 3.24. The maximum absolute atomic E-state index is 5.94. The van der Waals surface area contributed by atoms with E-state index >= 15 is 0 Å². The van der Waals surface area contributed by atoms with Crippen LogP contribution in [0.4, 0.5) is 5.69 Å². The van der Waals surface area contributed by atoms with E-state index in [0.717, 1.165) is 23.5 Å². The van der Waals surface area contributed by atoms with Gasteiger partial charge in [0.15, 0.2) is 11.8 Å². The zero-order valence-corrected chi connectivity index (χ0v) is 16.7. The maximum atomic E-state index is 5.94. The summed E-state index contributed by atoms with van der Waals surface area (Å²) in [6, 6.07) is 7.24. The van der Waals surface area contributed by atoms with Crippen LogP contribution in [0.3, 0.4) is 0 Å². The van der Waals surface area contributed by atoms with E-state index in [1.165, 1.54) is 0 Å². The minimum absolute atomic E-state index is 0.275. The first-order valence-electron chi connectivity index (χ1n) is 8.52. The van der Waals surface area contributed by atoms with Crippen LogP contribution in [-0.4, -0.2) is 24.7 Å². The van der Waals surface area contributed by atoms with Gasteiger partial charge in [-0.2, -0.15) is 10.2 Å². The van der Waals surface area contributed by atoms with Crippen molar-refractivity contribution in [1.29, 1.82) is 0 Å². The van der Waals surface area contributed by atoms with Crippen molar-refractivity contribution in [3.05, 3.63) is 59.1 Å². The molecule has 2 heterocycles. The minimum atomic E-state index is 0.275. The lowest BCUT2D eigenvalue weighted by molar-refractivity contribution is 0.221. The predicted octanol–water partition coefficient (Wildman–Crippen LogP) is 3.58. The Labute approximate surface area is 168 Å². The van der Waals surface area contributed by atoms with Gasteiger partial charge in [0.1, 0.15) is 5.75 Å². The summed E-state index contributed by atoms with van der Waals surface area (Å²) in [4.78, 5) is 0. The number of hydrogen-bond acceptors (Lipinski definition) is 4. The molecule has 0 amide bonds. The summed E-state index contributed by atoms with van der Waals surface area (Å²) >= 11 is 11.3. The van der Waals surface area contributed by atoms with E-state index in [1.54, 1.807) is 23.0 Å². The van der Waals surface area contributed by atoms with Crippen molar-refractivity contribution in [2.75, 3.05) is 5.32 Å². The molecule has 7 nitrogen and oxygen atoms in total. The maximum Gasteiger partial charge on any atom is 0.180 e. The van der Waals surface area contributed by atoms with Gasteiger partial charge in [-0.15, -0.1) is 0 Å². The zero-order chi connectivity index (χ0) is 19.2. The fourth-order valence-corrected chi connectivity index (χ4v) is 2.81. The van der Waals surface area contributed by atoms with Gasteiger partial charge < -0.3 is 15.4 Å². The van der Waals surface area contributed by atoms with Crippen LogP contribution in [0.15, 0.2) is 42.9 Å². The number of ether oxygens (including phenoxy) is 1. The third kappa shape index (κ3) is 5.45. The quantitative estimate of drug-likeness (QED) is 0.586. The number of aryl methyl sites for hydroxylation is 2. The number of nitrogens with zero attached hydrogens (tertiary/aromatic N) is 4. The molecule has 0 bridgehead atoms. The van der Waals surface area contributed by atoms with Crippen molar-refractivity contribution in [3.8, 4) is 5.75 Å². The molecule has 0 unspecified atom stereocenters. The van der Waals surface area contributed by atoms with Crippen LogP contribution < -0.4 is 15.4 Å². The number of halogens is 1. The molecular formula is C18H21ClN6OS. The largest absolute Gasteiger partial charge is 0.471 e. The van der Waals surface area contributed by atoms with Crippen molar-refractivity contribution in [2.45, 2.75) is 33.7 Å². The van der Waals surface area contributed by atoms with Crippen molar-refractivity contribution < 1.29 is 4.74 Å². The number of benzene rings is 1. The summed E-state index contributed by atoms with van der Waals surface area (Å²) < 4.78 is 9.23. The van der Waals surface area contributed by atoms with E-state index in [2.05, 4.69) is 27.8 Å². The third-order valence-electron chi connectivity index (χ3n) is 3.86. The van der Waals surface area contributed by atoms with Crippen LogP contribution >= 0.6 is 23.8 Å². The van der Waals surface area contributed by atoms with Gasteiger partial charge in [0, 0.05) is 29.9 Å². The molecule has 2 aromatic heterocycles. The second-order valence-electron chi connectivity index (χ2n) is 5.90. The number of rotatable bonds is 7. The lowest BCUT2D eigenvalue weighted by Gasteiger charge is -2.08. The van der Waals surface area contributed by atoms with Crippen LogP contribution in [0, 0.1) is 6.92 Å². The molecule has 0 aliphatic heterocycles. The SMILES string of the molecule is CCn1cc(CNC(=S)Nc2cnn(COc3cccc(Cl)c3)c2)c(C)n1. The lowest BCUT2D eigenvalue weighted by Crippen LogP contribution is -2.27. The third-order valence-corrected chi connectivity index (χ3v) is 4.34. The Morgan fingerprint density at radius 3 is 2.89 bits per heavy atom. The molecule has 0 spiro atoms. The first kappa shape index (κ1) is 19.2. The van der Waals surface area contributed by atoms with Crippen LogP contribution in [-0.2, 0) is 19.8 Å². The van der Waals surface area contributed by atoms with Crippen molar-refractivity contribution in [2.24, 2.45) is 0 Å². The molecule has 1 aromatic carbocycles. The topological polar surface area (TPSA) is 68.9 Å². The van der Waals surface area contributed by atoms with Crippen LogP contribution in [0.25, 0.3) is 0 Å². The van der Waals surface area contributed by atoms with Gasteiger partial charge in [-0.3, -0.25) is 4.68 Å². The normalized spacial score (nSPS) is 10.6. The molecule has 0 atom stereocenters. The standard InChI is InChI=1S/C18H21ClN6OS/c1-3-24-10-14(13(2)23-24)8-20-18(27)22-16-9-21-25(11-16)12-26-17-6-4-5-15(19)7-17/h4-7,9-11H,3,8,12H2,1-2H3,(H2,20,22,27). The Kier molecular flexibility index (Phi) is 6.31. The fourth-order valence-electron chi connectivity index (χ4n) is 2.44. The zero-order valence-electron chi connectivity index (χ0n) is 15.1. The van der Waals surface area contributed by atoms with Crippen molar-refractivity contribution >= 4 is 34.6 Å². The molecule has 0 aliphatic rings. The Morgan fingerprint density at radius 1 is 1.30 bits per heavy atom. The summed E-state index contributed by atoms with van der Waals surface area (Å²) in [6.45, 7) is 5.79. The summed E-state index contributed by atoms with van der Waals surface area (Å²) in [7, 11) is 0. The summed E-state index contributed by atoms with van der Waals surface area (Å²) in [6.07, 6.45) is 5.53. The van der Waals surface area contributed by atoms with Crippen LogP contribution in [0.5, 0.6) is 5.75 Å². The minimum Gasteiger partial charge on any atom is -0.471 e. The highest BCUT2D eigenvalue weighted by atomic mass is 35.5. The highest BCUT2D eigenvalue weighted by Gasteiger charge is 2.06. The monoisotopic (exact) mass is 404 g/mol. The summed E-state index contributed by atoms with van der Waals surface area (Å²) in [5.74, 6) is 0.688. The van der Waals surface area contributed by atoms with Crippen LogP contribution in [0.1, 0.15) is 18.2 Å². The van der Waals surface area contributed by atoms with E-state index < -0.39 is 0 Å². The lowest BCUT2D eigenvalue weighted by atomic mass is 10.3. The first-order chi connectivity index (χ1) is 13.0. The molecule has 2 N–H and O–H groups in total. The molecule has 0 saturated heterocycles.